The fourth-order valence-corrected chi connectivity index (χ4v) is 1.99. The Morgan fingerprint density at radius 1 is 1.29 bits per heavy atom. The van der Waals surface area contributed by atoms with Crippen LogP contribution in [0.1, 0.15) is 38.1 Å². The highest BCUT2D eigenvalue weighted by atomic mass is 35.5. The number of hydrogen-bond acceptors (Lipinski definition) is 1. The summed E-state index contributed by atoms with van der Waals surface area (Å²) in [6, 6.07) is 9.98. The van der Waals surface area contributed by atoms with Gasteiger partial charge in [-0.1, -0.05) is 38.4 Å². The fraction of sp³-hybridized carbons (Fsp3) is 0.357. The van der Waals surface area contributed by atoms with Crippen LogP contribution in [0.15, 0.2) is 30.3 Å². The largest absolute Gasteiger partial charge is 0.238 e. The lowest BCUT2D eigenvalue weighted by molar-refractivity contribution is 0.751. The van der Waals surface area contributed by atoms with E-state index in [1.165, 1.54) is 5.69 Å². The van der Waals surface area contributed by atoms with Crippen molar-refractivity contribution in [2.45, 2.75) is 33.1 Å². The van der Waals surface area contributed by atoms with Gasteiger partial charge in [-0.2, -0.15) is 5.10 Å². The molecule has 90 valence electrons. The molecule has 0 saturated carbocycles. The van der Waals surface area contributed by atoms with E-state index in [9.17, 15) is 0 Å². The van der Waals surface area contributed by atoms with Crippen LogP contribution in [0.2, 0.25) is 5.02 Å². The van der Waals surface area contributed by atoms with Gasteiger partial charge in [0.1, 0.15) is 0 Å². The first-order valence-corrected chi connectivity index (χ1v) is 6.34. The molecular weight excluding hydrogens is 232 g/mol. The Kier molecular flexibility index (Phi) is 3.53. The van der Waals surface area contributed by atoms with Gasteiger partial charge in [-0.05, 0) is 36.6 Å². The molecule has 1 heterocycles. The Bertz CT molecular complexity index is 515. The minimum absolute atomic E-state index is 0.445. The molecule has 2 aromatic rings. The van der Waals surface area contributed by atoms with E-state index in [2.05, 4.69) is 31.9 Å². The molecule has 0 atom stereocenters. The first-order chi connectivity index (χ1) is 8.11. The van der Waals surface area contributed by atoms with Crippen molar-refractivity contribution in [2.24, 2.45) is 0 Å². The average Bonchev–Trinajstić information content (AvgIpc) is 2.73. The standard InChI is InChI=1S/C14H17ClN2/c1-4-12-9-14(10(2)3)16-17(12)13-7-5-6-11(15)8-13/h5-10H,4H2,1-3H3. The number of aryl methyl sites for hydroxylation is 1. The van der Waals surface area contributed by atoms with Crippen molar-refractivity contribution in [3.8, 4) is 5.69 Å². The molecule has 0 aliphatic carbocycles. The lowest BCUT2D eigenvalue weighted by atomic mass is 10.1. The van der Waals surface area contributed by atoms with Crippen molar-refractivity contribution >= 4 is 11.6 Å². The zero-order chi connectivity index (χ0) is 12.4. The lowest BCUT2D eigenvalue weighted by Crippen LogP contribution is -2.01. The number of nitrogens with zero attached hydrogens (tertiary/aromatic N) is 2. The topological polar surface area (TPSA) is 17.8 Å². The molecule has 2 rings (SSSR count). The van der Waals surface area contributed by atoms with Crippen LogP contribution in [-0.4, -0.2) is 9.78 Å². The lowest BCUT2D eigenvalue weighted by Gasteiger charge is -2.06. The van der Waals surface area contributed by atoms with E-state index in [4.69, 9.17) is 11.6 Å². The van der Waals surface area contributed by atoms with E-state index in [1.807, 2.05) is 28.9 Å². The highest BCUT2D eigenvalue weighted by Gasteiger charge is 2.10. The van der Waals surface area contributed by atoms with Crippen LogP contribution in [0.3, 0.4) is 0 Å². The van der Waals surface area contributed by atoms with Gasteiger partial charge in [0, 0.05) is 10.7 Å². The van der Waals surface area contributed by atoms with E-state index in [0.717, 1.165) is 22.8 Å². The minimum atomic E-state index is 0.445. The smallest absolute Gasteiger partial charge is 0.0663 e. The summed E-state index contributed by atoms with van der Waals surface area (Å²) in [5.74, 6) is 0.445. The van der Waals surface area contributed by atoms with E-state index < -0.39 is 0 Å². The molecule has 0 fully saturated rings. The predicted octanol–water partition coefficient (Wildman–Crippen LogP) is 4.21. The molecule has 0 aliphatic rings. The van der Waals surface area contributed by atoms with Crippen molar-refractivity contribution in [3.63, 3.8) is 0 Å². The molecular formula is C14H17ClN2. The number of benzene rings is 1. The second-order valence-electron chi connectivity index (χ2n) is 4.46. The number of halogens is 1. The highest BCUT2D eigenvalue weighted by molar-refractivity contribution is 6.30. The monoisotopic (exact) mass is 248 g/mol. The summed E-state index contributed by atoms with van der Waals surface area (Å²) in [7, 11) is 0. The summed E-state index contributed by atoms with van der Waals surface area (Å²) in [5.41, 5.74) is 3.37. The molecule has 3 heteroatoms. The second-order valence-corrected chi connectivity index (χ2v) is 4.90. The zero-order valence-corrected chi connectivity index (χ0v) is 11.2. The molecule has 2 nitrogen and oxygen atoms in total. The Hall–Kier alpha value is -1.28. The fourth-order valence-electron chi connectivity index (χ4n) is 1.81. The van der Waals surface area contributed by atoms with Crippen molar-refractivity contribution in [2.75, 3.05) is 0 Å². The highest BCUT2D eigenvalue weighted by Crippen LogP contribution is 2.20. The Labute approximate surface area is 107 Å². The van der Waals surface area contributed by atoms with Crippen molar-refractivity contribution in [1.29, 1.82) is 0 Å². The normalized spacial score (nSPS) is 11.1. The maximum absolute atomic E-state index is 6.02. The molecule has 1 aromatic carbocycles. The van der Waals surface area contributed by atoms with E-state index in [-0.39, 0.29) is 0 Å². The third-order valence-corrected chi connectivity index (χ3v) is 3.04. The van der Waals surface area contributed by atoms with Crippen LogP contribution in [0, 0.1) is 0 Å². The number of rotatable bonds is 3. The number of aromatic nitrogens is 2. The molecule has 0 bridgehead atoms. The van der Waals surface area contributed by atoms with Gasteiger partial charge in [0.25, 0.3) is 0 Å². The Morgan fingerprint density at radius 2 is 2.06 bits per heavy atom. The summed E-state index contributed by atoms with van der Waals surface area (Å²) >= 11 is 6.02. The van der Waals surface area contributed by atoms with Crippen LogP contribution < -0.4 is 0 Å². The van der Waals surface area contributed by atoms with Gasteiger partial charge in [0.2, 0.25) is 0 Å². The van der Waals surface area contributed by atoms with Crippen LogP contribution in [0.25, 0.3) is 5.69 Å². The molecule has 0 amide bonds. The minimum Gasteiger partial charge on any atom is -0.238 e. The third kappa shape index (κ3) is 2.52. The van der Waals surface area contributed by atoms with Gasteiger partial charge < -0.3 is 0 Å². The SMILES string of the molecule is CCc1cc(C(C)C)nn1-c1cccc(Cl)c1. The summed E-state index contributed by atoms with van der Waals surface area (Å²) < 4.78 is 1.99. The molecule has 0 unspecified atom stereocenters. The summed E-state index contributed by atoms with van der Waals surface area (Å²) in [6.45, 7) is 6.45. The molecule has 1 aromatic heterocycles. The van der Waals surface area contributed by atoms with Gasteiger partial charge in [-0.3, -0.25) is 0 Å². The Balaban J connectivity index is 2.50. The van der Waals surface area contributed by atoms with E-state index in [1.54, 1.807) is 0 Å². The Morgan fingerprint density at radius 3 is 2.65 bits per heavy atom. The second kappa shape index (κ2) is 4.92. The van der Waals surface area contributed by atoms with Crippen LogP contribution in [0.4, 0.5) is 0 Å². The molecule has 0 spiro atoms. The molecule has 0 saturated heterocycles. The number of hydrogen-bond donors (Lipinski definition) is 0. The summed E-state index contributed by atoms with van der Waals surface area (Å²) in [4.78, 5) is 0. The van der Waals surface area contributed by atoms with Crippen molar-refractivity contribution in [1.82, 2.24) is 9.78 Å². The molecule has 0 radical (unpaired) electrons. The van der Waals surface area contributed by atoms with Crippen LogP contribution in [0.5, 0.6) is 0 Å². The van der Waals surface area contributed by atoms with Crippen molar-refractivity contribution in [3.05, 3.63) is 46.7 Å². The van der Waals surface area contributed by atoms with Gasteiger partial charge in [0.15, 0.2) is 0 Å². The first kappa shape index (κ1) is 12.2. The zero-order valence-electron chi connectivity index (χ0n) is 10.4. The predicted molar refractivity (Wildman–Crippen MR) is 72.0 cm³/mol. The molecule has 0 N–H and O–H groups in total. The van der Waals surface area contributed by atoms with Gasteiger partial charge in [-0.25, -0.2) is 4.68 Å². The maximum Gasteiger partial charge on any atom is 0.0663 e. The average molecular weight is 249 g/mol. The van der Waals surface area contributed by atoms with Crippen LogP contribution >= 0.6 is 11.6 Å². The summed E-state index contributed by atoms with van der Waals surface area (Å²) in [5, 5.41) is 5.39. The molecule has 0 aliphatic heterocycles. The quantitative estimate of drug-likeness (QED) is 0.796. The summed E-state index contributed by atoms with van der Waals surface area (Å²) in [6.07, 6.45) is 0.965. The van der Waals surface area contributed by atoms with Gasteiger partial charge in [0.05, 0.1) is 11.4 Å². The first-order valence-electron chi connectivity index (χ1n) is 5.96. The van der Waals surface area contributed by atoms with E-state index >= 15 is 0 Å². The van der Waals surface area contributed by atoms with Gasteiger partial charge in [-0.15, -0.1) is 0 Å². The van der Waals surface area contributed by atoms with Gasteiger partial charge >= 0.3 is 0 Å². The third-order valence-electron chi connectivity index (χ3n) is 2.81. The molecule has 17 heavy (non-hydrogen) atoms. The van der Waals surface area contributed by atoms with Crippen molar-refractivity contribution < 1.29 is 0 Å². The maximum atomic E-state index is 6.02. The van der Waals surface area contributed by atoms with Crippen LogP contribution in [-0.2, 0) is 6.42 Å². The van der Waals surface area contributed by atoms with E-state index in [0.29, 0.717) is 5.92 Å².